The molecule has 1 aliphatic heterocycles. The van der Waals surface area contributed by atoms with E-state index in [2.05, 4.69) is 34.7 Å². The maximum absolute atomic E-state index is 12.6. The van der Waals surface area contributed by atoms with Gasteiger partial charge < -0.3 is 16.0 Å². The van der Waals surface area contributed by atoms with E-state index in [1.54, 1.807) is 18.2 Å². The maximum Gasteiger partial charge on any atom is 0.251 e. The van der Waals surface area contributed by atoms with Crippen LogP contribution in [0, 0.1) is 5.92 Å². The highest BCUT2D eigenvalue weighted by Gasteiger charge is 2.21. The van der Waals surface area contributed by atoms with E-state index in [9.17, 15) is 14.4 Å². The molecule has 7 heteroatoms. The average molecular weight is 374 g/mol. The van der Waals surface area contributed by atoms with E-state index >= 15 is 0 Å². The minimum absolute atomic E-state index is 0.231. The molecule has 0 aliphatic carbocycles. The largest absolute Gasteiger partial charge is 0.350 e. The minimum Gasteiger partial charge on any atom is -0.350 e. The maximum atomic E-state index is 12.6. The number of nitrogens with zero attached hydrogens (tertiary/aromatic N) is 1. The van der Waals surface area contributed by atoms with Gasteiger partial charge in [-0.15, -0.1) is 0 Å². The Morgan fingerprint density at radius 1 is 1.11 bits per heavy atom. The van der Waals surface area contributed by atoms with Crippen molar-refractivity contribution in [1.82, 2.24) is 10.2 Å². The van der Waals surface area contributed by atoms with Crippen molar-refractivity contribution in [3.63, 3.8) is 0 Å². The molecule has 3 N–H and O–H groups in total. The van der Waals surface area contributed by atoms with Crippen molar-refractivity contribution < 1.29 is 14.4 Å². The third-order valence-corrected chi connectivity index (χ3v) is 4.71. The van der Waals surface area contributed by atoms with Gasteiger partial charge in [-0.25, -0.2) is 0 Å². The molecule has 148 valence electrons. The van der Waals surface area contributed by atoms with E-state index in [1.165, 1.54) is 26.7 Å². The molecule has 1 saturated heterocycles. The third-order valence-electron chi connectivity index (χ3n) is 4.71. The first-order valence-electron chi connectivity index (χ1n) is 9.47. The second-order valence-corrected chi connectivity index (χ2v) is 7.46. The van der Waals surface area contributed by atoms with Crippen molar-refractivity contribution in [1.29, 1.82) is 0 Å². The average Bonchev–Trinajstić information content (AvgIpc) is 2.57. The molecule has 0 radical (unpaired) electrons. The monoisotopic (exact) mass is 374 g/mol. The Bertz CT molecular complexity index is 670. The van der Waals surface area contributed by atoms with Crippen molar-refractivity contribution in [3.05, 3.63) is 23.8 Å². The first-order chi connectivity index (χ1) is 12.7. The van der Waals surface area contributed by atoms with E-state index in [0.717, 1.165) is 13.1 Å². The van der Waals surface area contributed by atoms with Crippen molar-refractivity contribution >= 4 is 29.1 Å². The first kappa shape index (κ1) is 20.9. The standard InChI is InChI=1S/C20H30N4O3/c1-13-6-5-7-24(12-13)14(2)11-21-20(27)17-8-18(22-15(3)25)10-19(9-17)23-16(4)26/h8-10,13-14H,5-7,11-12H2,1-4H3,(H,21,27)(H,22,25)(H,23,26). The summed E-state index contributed by atoms with van der Waals surface area (Å²) in [6.45, 7) is 9.83. The van der Waals surface area contributed by atoms with Gasteiger partial charge in [-0.2, -0.15) is 0 Å². The van der Waals surface area contributed by atoms with Crippen LogP contribution in [-0.2, 0) is 9.59 Å². The zero-order valence-corrected chi connectivity index (χ0v) is 16.6. The van der Waals surface area contributed by atoms with Gasteiger partial charge in [0.25, 0.3) is 5.91 Å². The lowest BCUT2D eigenvalue weighted by Crippen LogP contribution is -2.46. The lowest BCUT2D eigenvalue weighted by molar-refractivity contribution is -0.115. The molecule has 2 atom stereocenters. The molecule has 27 heavy (non-hydrogen) atoms. The number of carbonyl (C=O) groups is 3. The van der Waals surface area contributed by atoms with Crippen molar-refractivity contribution in [3.8, 4) is 0 Å². The summed E-state index contributed by atoms with van der Waals surface area (Å²) in [5.74, 6) is -0.0273. The van der Waals surface area contributed by atoms with E-state index in [-0.39, 0.29) is 23.8 Å². The van der Waals surface area contributed by atoms with Gasteiger partial charge in [-0.05, 0) is 50.4 Å². The molecule has 0 bridgehead atoms. The van der Waals surface area contributed by atoms with Gasteiger partial charge in [0, 0.05) is 49.9 Å². The Morgan fingerprint density at radius 3 is 2.22 bits per heavy atom. The fourth-order valence-electron chi connectivity index (χ4n) is 3.41. The lowest BCUT2D eigenvalue weighted by Gasteiger charge is -2.35. The van der Waals surface area contributed by atoms with Crippen molar-refractivity contribution in [2.24, 2.45) is 5.92 Å². The molecule has 1 fully saturated rings. The van der Waals surface area contributed by atoms with Crippen molar-refractivity contribution in [2.75, 3.05) is 30.3 Å². The van der Waals surface area contributed by atoms with Crippen LogP contribution in [0.3, 0.4) is 0 Å². The van der Waals surface area contributed by atoms with Gasteiger partial charge in [0.1, 0.15) is 0 Å². The topological polar surface area (TPSA) is 90.5 Å². The second kappa shape index (κ2) is 9.50. The van der Waals surface area contributed by atoms with Crippen LogP contribution < -0.4 is 16.0 Å². The molecule has 1 aromatic carbocycles. The Kier molecular flexibility index (Phi) is 7.36. The summed E-state index contributed by atoms with van der Waals surface area (Å²) in [7, 11) is 0. The highest BCUT2D eigenvalue weighted by Crippen LogP contribution is 2.20. The number of amides is 3. The van der Waals surface area contributed by atoms with E-state index in [4.69, 9.17) is 0 Å². The summed E-state index contributed by atoms with van der Waals surface area (Å²) >= 11 is 0. The smallest absolute Gasteiger partial charge is 0.251 e. The number of rotatable bonds is 6. The Hall–Kier alpha value is -2.41. The van der Waals surface area contributed by atoms with Gasteiger partial charge >= 0.3 is 0 Å². The van der Waals surface area contributed by atoms with Gasteiger partial charge in [0.15, 0.2) is 0 Å². The van der Waals surface area contributed by atoms with Crippen LogP contribution in [0.4, 0.5) is 11.4 Å². The molecule has 7 nitrogen and oxygen atoms in total. The molecule has 1 heterocycles. The minimum atomic E-state index is -0.242. The Morgan fingerprint density at radius 2 is 1.70 bits per heavy atom. The molecule has 1 aliphatic rings. The van der Waals surface area contributed by atoms with Gasteiger partial charge in [0.05, 0.1) is 0 Å². The summed E-state index contributed by atoms with van der Waals surface area (Å²) in [5.41, 5.74) is 1.33. The molecule has 2 unspecified atom stereocenters. The predicted molar refractivity (Wildman–Crippen MR) is 107 cm³/mol. The summed E-state index contributed by atoms with van der Waals surface area (Å²) in [6.07, 6.45) is 2.45. The molecule has 3 amide bonds. The molecule has 1 aromatic rings. The molecular formula is C20H30N4O3. The van der Waals surface area contributed by atoms with Crippen LogP contribution in [0.15, 0.2) is 18.2 Å². The number of anilines is 2. The lowest BCUT2D eigenvalue weighted by atomic mass is 9.99. The highest BCUT2D eigenvalue weighted by atomic mass is 16.2. The molecular weight excluding hydrogens is 344 g/mol. The summed E-state index contributed by atoms with van der Waals surface area (Å²) < 4.78 is 0. The van der Waals surface area contributed by atoms with Gasteiger partial charge in [-0.3, -0.25) is 19.3 Å². The highest BCUT2D eigenvalue weighted by molar-refractivity contribution is 5.99. The fraction of sp³-hybridized carbons (Fsp3) is 0.550. The number of benzene rings is 1. The third kappa shape index (κ3) is 6.67. The van der Waals surface area contributed by atoms with Crippen LogP contribution in [0.25, 0.3) is 0 Å². The number of nitrogens with one attached hydrogen (secondary N) is 3. The van der Waals surface area contributed by atoms with Gasteiger partial charge in [0.2, 0.25) is 11.8 Å². The van der Waals surface area contributed by atoms with Crippen LogP contribution in [-0.4, -0.2) is 48.3 Å². The van der Waals surface area contributed by atoms with Crippen LogP contribution in [0.5, 0.6) is 0 Å². The van der Waals surface area contributed by atoms with E-state index in [1.807, 2.05) is 0 Å². The second-order valence-electron chi connectivity index (χ2n) is 7.46. The SMILES string of the molecule is CC(=O)Nc1cc(NC(C)=O)cc(C(=O)NCC(C)N2CCCC(C)C2)c1. The fourth-order valence-corrected chi connectivity index (χ4v) is 3.41. The summed E-state index contributed by atoms with van der Waals surface area (Å²) in [4.78, 5) is 37.7. The quantitative estimate of drug-likeness (QED) is 0.713. The van der Waals surface area contributed by atoms with E-state index < -0.39 is 0 Å². The molecule has 0 saturated carbocycles. The van der Waals surface area contributed by atoms with Crippen LogP contribution in [0.1, 0.15) is 50.9 Å². The number of piperidine rings is 1. The molecule has 0 aromatic heterocycles. The zero-order chi connectivity index (χ0) is 20.0. The summed E-state index contributed by atoms with van der Waals surface area (Å²) in [5, 5.41) is 8.28. The first-order valence-corrected chi connectivity index (χ1v) is 9.47. The van der Waals surface area contributed by atoms with Gasteiger partial charge in [-0.1, -0.05) is 6.92 Å². The van der Waals surface area contributed by atoms with Crippen LogP contribution in [0.2, 0.25) is 0 Å². The number of likely N-dealkylation sites (tertiary alicyclic amines) is 1. The van der Waals surface area contributed by atoms with E-state index in [0.29, 0.717) is 29.4 Å². The number of carbonyl (C=O) groups excluding carboxylic acids is 3. The number of hydrogen-bond donors (Lipinski definition) is 3. The predicted octanol–water partition coefficient (Wildman–Crippen LogP) is 2.45. The van der Waals surface area contributed by atoms with Crippen LogP contribution >= 0.6 is 0 Å². The Labute approximate surface area is 160 Å². The zero-order valence-electron chi connectivity index (χ0n) is 16.6. The molecule has 2 rings (SSSR count). The molecule has 0 spiro atoms. The summed E-state index contributed by atoms with van der Waals surface area (Å²) in [6, 6.07) is 5.09. The van der Waals surface area contributed by atoms with Crippen molar-refractivity contribution in [2.45, 2.75) is 46.6 Å². The number of hydrogen-bond acceptors (Lipinski definition) is 4. The Balaban J connectivity index is 2.05. The normalized spacial score (nSPS) is 18.4.